The maximum Gasteiger partial charge on any atom is 0.248 e. The molecule has 3 aliphatic rings. The number of likely N-dealkylation sites (tertiary alicyclic amines) is 1. The fourth-order valence-electron chi connectivity index (χ4n) is 3.85. The predicted octanol–water partition coefficient (Wildman–Crippen LogP) is 0.983. The van der Waals surface area contributed by atoms with Crippen molar-refractivity contribution in [2.75, 3.05) is 6.54 Å². The Labute approximate surface area is 159 Å². The number of hydrogen-bond donors (Lipinski definition) is 2. The summed E-state index contributed by atoms with van der Waals surface area (Å²) >= 11 is 0. The summed E-state index contributed by atoms with van der Waals surface area (Å²) in [5.74, 6) is 0.120. The molecule has 27 heavy (non-hydrogen) atoms. The van der Waals surface area contributed by atoms with Crippen LogP contribution in [-0.4, -0.2) is 61.5 Å². The van der Waals surface area contributed by atoms with Gasteiger partial charge in [0.2, 0.25) is 11.8 Å². The fourth-order valence-corrected chi connectivity index (χ4v) is 3.85. The quantitative estimate of drug-likeness (QED) is 0.799. The summed E-state index contributed by atoms with van der Waals surface area (Å²) in [7, 11) is 0. The smallest absolute Gasteiger partial charge is 0.248 e. The number of aliphatic hydroxyl groups excluding tert-OH is 1. The van der Waals surface area contributed by atoms with E-state index in [1.165, 1.54) is 4.90 Å². The zero-order valence-electron chi connectivity index (χ0n) is 16.3. The normalized spacial score (nSPS) is 26.9. The highest BCUT2D eigenvalue weighted by Crippen LogP contribution is 2.40. The number of aliphatic hydroxyl groups is 1. The first-order valence-electron chi connectivity index (χ1n) is 9.94. The van der Waals surface area contributed by atoms with Crippen molar-refractivity contribution in [1.82, 2.24) is 25.2 Å². The third-order valence-electron chi connectivity index (χ3n) is 5.63. The molecule has 0 unspecified atom stereocenters. The summed E-state index contributed by atoms with van der Waals surface area (Å²) in [4.78, 5) is 27.6. The number of aromatic nitrogens is 3. The van der Waals surface area contributed by atoms with Crippen LogP contribution in [0.1, 0.15) is 70.5 Å². The zero-order chi connectivity index (χ0) is 19.3. The largest absolute Gasteiger partial charge is 0.391 e. The zero-order valence-corrected chi connectivity index (χ0v) is 16.3. The van der Waals surface area contributed by atoms with E-state index in [-0.39, 0.29) is 30.8 Å². The lowest BCUT2D eigenvalue weighted by Crippen LogP contribution is -2.50. The molecule has 148 valence electrons. The van der Waals surface area contributed by atoms with Crippen molar-refractivity contribution in [1.29, 1.82) is 0 Å². The van der Waals surface area contributed by atoms with Gasteiger partial charge in [-0.2, -0.15) is 0 Å². The molecule has 0 spiro atoms. The minimum absolute atomic E-state index is 0.160. The van der Waals surface area contributed by atoms with Crippen LogP contribution in [0.2, 0.25) is 0 Å². The number of β-amino-alcohol motifs (C(OH)–C–C–N with tert-alkyl or cyclic N) is 1. The fraction of sp³-hybridized carbons (Fsp3) is 0.789. The highest BCUT2D eigenvalue weighted by atomic mass is 16.3. The molecular weight excluding hydrogens is 346 g/mol. The van der Waals surface area contributed by atoms with Crippen LogP contribution in [0.25, 0.3) is 0 Å². The monoisotopic (exact) mass is 375 g/mol. The maximum atomic E-state index is 13.5. The summed E-state index contributed by atoms with van der Waals surface area (Å²) in [5.41, 5.74) is 0.526. The van der Waals surface area contributed by atoms with Gasteiger partial charge in [0.15, 0.2) is 0 Å². The number of nitrogens with zero attached hydrogens (tertiary/aromatic N) is 4. The summed E-state index contributed by atoms with van der Waals surface area (Å²) in [5, 5.41) is 21.6. The van der Waals surface area contributed by atoms with E-state index in [9.17, 15) is 14.7 Å². The Bertz CT molecular complexity index is 732. The average molecular weight is 375 g/mol. The Hall–Kier alpha value is -1.96. The van der Waals surface area contributed by atoms with Crippen LogP contribution in [0.15, 0.2) is 6.20 Å². The summed E-state index contributed by atoms with van der Waals surface area (Å²) < 4.78 is 1.65. The van der Waals surface area contributed by atoms with Gasteiger partial charge in [0, 0.05) is 31.1 Å². The first kappa shape index (κ1) is 18.4. The molecule has 1 aromatic heterocycles. The van der Waals surface area contributed by atoms with E-state index in [1.807, 2.05) is 27.0 Å². The Morgan fingerprint density at radius 1 is 1.26 bits per heavy atom. The van der Waals surface area contributed by atoms with Gasteiger partial charge in [-0.05, 0) is 31.1 Å². The minimum atomic E-state index is -0.678. The highest BCUT2D eigenvalue weighted by Gasteiger charge is 2.46. The van der Waals surface area contributed by atoms with Gasteiger partial charge in [0.05, 0.1) is 11.8 Å². The van der Waals surface area contributed by atoms with E-state index in [1.54, 1.807) is 4.68 Å². The van der Waals surface area contributed by atoms with Gasteiger partial charge in [-0.3, -0.25) is 9.59 Å². The lowest BCUT2D eigenvalue weighted by atomic mass is 9.85. The molecule has 1 aliphatic heterocycles. The number of amides is 2. The molecule has 1 aromatic rings. The van der Waals surface area contributed by atoms with Crippen LogP contribution < -0.4 is 5.32 Å². The second-order valence-corrected chi connectivity index (χ2v) is 9.35. The van der Waals surface area contributed by atoms with Gasteiger partial charge in [-0.25, -0.2) is 4.68 Å². The standard InChI is InChI=1S/C19H29N5O3/c1-19(2,3)16(24-10-14(21-22-24)11-4-5-11)18(27)23-9-13(25)8-15(23)17(26)20-12-6-7-12/h10-13,15-16,25H,4-9H2,1-3H3,(H,20,26)/t13-,15+,16-/m1/s1. The van der Waals surface area contributed by atoms with Crippen LogP contribution in [0, 0.1) is 5.41 Å². The lowest BCUT2D eigenvalue weighted by Gasteiger charge is -2.34. The molecule has 0 aromatic carbocycles. The van der Waals surface area contributed by atoms with Crippen LogP contribution in [0.3, 0.4) is 0 Å². The summed E-state index contributed by atoms with van der Waals surface area (Å²) in [6, 6.07) is -0.967. The molecule has 8 nitrogen and oxygen atoms in total. The lowest BCUT2D eigenvalue weighted by molar-refractivity contribution is -0.144. The van der Waals surface area contributed by atoms with Gasteiger partial charge < -0.3 is 15.3 Å². The SMILES string of the molecule is CC(C)(C)[C@@H](C(=O)N1C[C@H](O)C[C@H]1C(=O)NC1CC1)n1cc(C2CC2)nn1. The van der Waals surface area contributed by atoms with Crippen LogP contribution in [0.4, 0.5) is 0 Å². The van der Waals surface area contributed by atoms with E-state index in [4.69, 9.17) is 0 Å². The van der Waals surface area contributed by atoms with Gasteiger partial charge in [0.25, 0.3) is 0 Å². The molecule has 1 saturated heterocycles. The third-order valence-corrected chi connectivity index (χ3v) is 5.63. The van der Waals surface area contributed by atoms with Gasteiger partial charge >= 0.3 is 0 Å². The Kier molecular flexibility index (Phi) is 4.49. The average Bonchev–Trinajstić information content (AvgIpc) is 3.50. The Morgan fingerprint density at radius 2 is 1.96 bits per heavy atom. The number of carbonyl (C=O) groups is 2. The molecule has 0 bridgehead atoms. The van der Waals surface area contributed by atoms with Crippen LogP contribution >= 0.6 is 0 Å². The van der Waals surface area contributed by atoms with Crippen molar-refractivity contribution in [3.8, 4) is 0 Å². The van der Waals surface area contributed by atoms with E-state index < -0.39 is 23.6 Å². The van der Waals surface area contributed by atoms with Crippen LogP contribution in [-0.2, 0) is 9.59 Å². The van der Waals surface area contributed by atoms with Crippen molar-refractivity contribution in [3.63, 3.8) is 0 Å². The van der Waals surface area contributed by atoms with Crippen molar-refractivity contribution < 1.29 is 14.7 Å². The van der Waals surface area contributed by atoms with Gasteiger partial charge in [0.1, 0.15) is 12.1 Å². The molecule has 2 aliphatic carbocycles. The van der Waals surface area contributed by atoms with Gasteiger partial charge in [-0.1, -0.05) is 26.0 Å². The molecule has 2 N–H and O–H groups in total. The van der Waals surface area contributed by atoms with Crippen molar-refractivity contribution in [3.05, 3.63) is 11.9 Å². The summed E-state index contributed by atoms with van der Waals surface area (Å²) in [6.07, 6.45) is 5.69. The van der Waals surface area contributed by atoms with Crippen molar-refractivity contribution in [2.45, 2.75) is 83.0 Å². The summed E-state index contributed by atoms with van der Waals surface area (Å²) in [6.45, 7) is 6.14. The van der Waals surface area contributed by atoms with Crippen molar-refractivity contribution in [2.24, 2.45) is 5.41 Å². The number of hydrogen-bond acceptors (Lipinski definition) is 5. The van der Waals surface area contributed by atoms with E-state index in [2.05, 4.69) is 15.6 Å². The molecule has 3 atom stereocenters. The molecule has 2 saturated carbocycles. The topological polar surface area (TPSA) is 100 Å². The minimum Gasteiger partial charge on any atom is -0.391 e. The number of nitrogens with one attached hydrogen (secondary N) is 1. The highest BCUT2D eigenvalue weighted by molar-refractivity contribution is 5.90. The van der Waals surface area contributed by atoms with E-state index in [0.29, 0.717) is 5.92 Å². The molecule has 3 fully saturated rings. The van der Waals surface area contributed by atoms with Gasteiger partial charge in [-0.15, -0.1) is 5.10 Å². The molecule has 4 rings (SSSR count). The van der Waals surface area contributed by atoms with E-state index >= 15 is 0 Å². The molecule has 8 heteroatoms. The molecule has 0 radical (unpaired) electrons. The molecule has 2 amide bonds. The number of carbonyl (C=O) groups excluding carboxylic acids is 2. The van der Waals surface area contributed by atoms with Crippen molar-refractivity contribution >= 4 is 11.8 Å². The Balaban J connectivity index is 1.58. The van der Waals surface area contributed by atoms with Crippen LogP contribution in [0.5, 0.6) is 0 Å². The second-order valence-electron chi connectivity index (χ2n) is 9.35. The Morgan fingerprint density at radius 3 is 2.56 bits per heavy atom. The first-order valence-corrected chi connectivity index (χ1v) is 9.94. The second kappa shape index (κ2) is 6.58. The molecular formula is C19H29N5O3. The first-order chi connectivity index (χ1) is 12.7. The third kappa shape index (κ3) is 3.85. The predicted molar refractivity (Wildman–Crippen MR) is 97.8 cm³/mol. The van der Waals surface area contributed by atoms with E-state index in [0.717, 1.165) is 31.4 Å². The number of rotatable bonds is 5. The maximum absolute atomic E-state index is 13.5. The molecule has 2 heterocycles.